The zero-order valence-corrected chi connectivity index (χ0v) is 8.51. The maximum absolute atomic E-state index is 9.51. The number of hydrogen-bond acceptors (Lipinski definition) is 2. The molecule has 0 aliphatic rings. The second-order valence-corrected chi connectivity index (χ2v) is 3.61. The van der Waals surface area contributed by atoms with Gasteiger partial charge < -0.3 is 10.8 Å². The van der Waals surface area contributed by atoms with Crippen molar-refractivity contribution in [3.8, 4) is 0 Å². The number of rotatable bonds is 2. The van der Waals surface area contributed by atoms with Gasteiger partial charge in [0.15, 0.2) is 0 Å². The monoisotopic (exact) mass is 229 g/mol. The molecular weight excluding hydrogens is 218 g/mol. The van der Waals surface area contributed by atoms with E-state index < -0.39 is 6.10 Å². The molecule has 0 saturated heterocycles. The Hall–Kier alpha value is -0.540. The van der Waals surface area contributed by atoms with E-state index in [1.165, 1.54) is 0 Å². The first-order valence-electron chi connectivity index (χ1n) is 3.88. The van der Waals surface area contributed by atoms with Gasteiger partial charge >= 0.3 is 0 Å². The minimum Gasteiger partial charge on any atom is -0.398 e. The molecule has 12 heavy (non-hydrogen) atoms. The van der Waals surface area contributed by atoms with E-state index >= 15 is 0 Å². The Bertz CT molecular complexity index is 275. The van der Waals surface area contributed by atoms with Crippen molar-refractivity contribution < 1.29 is 5.11 Å². The first-order valence-corrected chi connectivity index (χ1v) is 4.67. The fourth-order valence-corrected chi connectivity index (χ4v) is 1.45. The summed E-state index contributed by atoms with van der Waals surface area (Å²) in [5, 5.41) is 9.51. The van der Waals surface area contributed by atoms with Gasteiger partial charge in [0.1, 0.15) is 0 Å². The van der Waals surface area contributed by atoms with Gasteiger partial charge in [-0.05, 0) is 18.6 Å². The van der Waals surface area contributed by atoms with Crippen molar-refractivity contribution in [3.63, 3.8) is 0 Å². The number of aliphatic hydroxyl groups is 1. The lowest BCUT2D eigenvalue weighted by molar-refractivity contribution is 0.174. The van der Waals surface area contributed by atoms with Crippen LogP contribution < -0.4 is 5.73 Å². The summed E-state index contributed by atoms with van der Waals surface area (Å²) in [5.74, 6) is 0. The number of anilines is 1. The minimum absolute atomic E-state index is 0.446. The molecule has 0 radical (unpaired) electrons. The zero-order chi connectivity index (χ0) is 9.14. The van der Waals surface area contributed by atoms with E-state index in [9.17, 15) is 5.11 Å². The normalized spacial score (nSPS) is 12.9. The van der Waals surface area contributed by atoms with Crippen molar-refractivity contribution in [2.45, 2.75) is 19.4 Å². The lowest BCUT2D eigenvalue weighted by Crippen LogP contribution is -2.00. The molecule has 66 valence electrons. The molecule has 0 saturated carbocycles. The molecule has 1 rings (SSSR count). The van der Waals surface area contributed by atoms with E-state index in [-0.39, 0.29) is 0 Å². The van der Waals surface area contributed by atoms with Gasteiger partial charge in [-0.2, -0.15) is 0 Å². The summed E-state index contributed by atoms with van der Waals surface area (Å²) in [6.45, 7) is 1.92. The minimum atomic E-state index is -0.446. The molecule has 0 aromatic heterocycles. The van der Waals surface area contributed by atoms with E-state index in [1.54, 1.807) is 6.07 Å². The SMILES string of the molecule is CCC(O)c1ccc(Br)cc1N. The lowest BCUT2D eigenvalue weighted by Gasteiger charge is -2.10. The standard InChI is InChI=1S/C9H12BrNO/c1-2-9(12)7-4-3-6(10)5-8(7)11/h3-5,9,12H,2,11H2,1H3. The van der Waals surface area contributed by atoms with Crippen LogP contribution in [0.4, 0.5) is 5.69 Å². The van der Waals surface area contributed by atoms with Gasteiger partial charge in [-0.15, -0.1) is 0 Å². The van der Waals surface area contributed by atoms with Crippen LogP contribution in [0.15, 0.2) is 22.7 Å². The average Bonchev–Trinajstić information content (AvgIpc) is 2.03. The fraction of sp³-hybridized carbons (Fsp3) is 0.333. The molecule has 0 fully saturated rings. The maximum atomic E-state index is 9.51. The van der Waals surface area contributed by atoms with Gasteiger partial charge in [0.05, 0.1) is 6.10 Å². The largest absolute Gasteiger partial charge is 0.398 e. The predicted octanol–water partition coefficient (Wildman–Crippen LogP) is 2.47. The summed E-state index contributed by atoms with van der Waals surface area (Å²) in [7, 11) is 0. The van der Waals surface area contributed by atoms with Gasteiger partial charge in [0.25, 0.3) is 0 Å². The molecule has 0 heterocycles. The first kappa shape index (κ1) is 9.55. The van der Waals surface area contributed by atoms with Crippen LogP contribution in [0.5, 0.6) is 0 Å². The van der Waals surface area contributed by atoms with E-state index in [0.29, 0.717) is 12.1 Å². The number of hydrogen-bond donors (Lipinski definition) is 2. The van der Waals surface area contributed by atoms with Crippen molar-refractivity contribution in [2.75, 3.05) is 5.73 Å². The van der Waals surface area contributed by atoms with E-state index in [0.717, 1.165) is 10.0 Å². The van der Waals surface area contributed by atoms with Crippen LogP contribution in [0.25, 0.3) is 0 Å². The van der Waals surface area contributed by atoms with Crippen LogP contribution in [0.3, 0.4) is 0 Å². The number of nitrogens with two attached hydrogens (primary N) is 1. The molecule has 3 N–H and O–H groups in total. The van der Waals surface area contributed by atoms with Crippen molar-refractivity contribution in [2.24, 2.45) is 0 Å². The molecule has 0 aliphatic carbocycles. The third kappa shape index (κ3) is 1.99. The van der Waals surface area contributed by atoms with Crippen LogP contribution in [-0.2, 0) is 0 Å². The number of benzene rings is 1. The Labute approximate surface area is 80.5 Å². The maximum Gasteiger partial charge on any atom is 0.0807 e. The summed E-state index contributed by atoms with van der Waals surface area (Å²) in [5.41, 5.74) is 7.15. The summed E-state index contributed by atoms with van der Waals surface area (Å²) in [6.07, 6.45) is 0.240. The molecule has 1 aromatic rings. The quantitative estimate of drug-likeness (QED) is 0.766. The molecular formula is C9H12BrNO. The molecule has 1 aromatic carbocycles. The fourth-order valence-electron chi connectivity index (χ4n) is 1.07. The van der Waals surface area contributed by atoms with Crippen LogP contribution in [0, 0.1) is 0 Å². The van der Waals surface area contributed by atoms with Gasteiger partial charge in [0.2, 0.25) is 0 Å². The van der Waals surface area contributed by atoms with Gasteiger partial charge in [-0.25, -0.2) is 0 Å². The molecule has 0 aliphatic heterocycles. The highest BCUT2D eigenvalue weighted by Crippen LogP contribution is 2.25. The topological polar surface area (TPSA) is 46.2 Å². The average molecular weight is 230 g/mol. The molecule has 2 nitrogen and oxygen atoms in total. The van der Waals surface area contributed by atoms with Crippen LogP contribution in [0.1, 0.15) is 25.0 Å². The summed E-state index contributed by atoms with van der Waals surface area (Å²) in [6, 6.07) is 5.52. The summed E-state index contributed by atoms with van der Waals surface area (Å²) < 4.78 is 0.937. The molecule has 0 bridgehead atoms. The van der Waals surface area contributed by atoms with Crippen molar-refractivity contribution in [1.29, 1.82) is 0 Å². The Balaban J connectivity index is 3.01. The molecule has 3 heteroatoms. The van der Waals surface area contributed by atoms with Gasteiger partial charge in [-0.3, -0.25) is 0 Å². The Kier molecular flexibility index (Phi) is 3.12. The number of halogens is 1. The number of aliphatic hydroxyl groups excluding tert-OH is 1. The molecule has 0 spiro atoms. The predicted molar refractivity (Wildman–Crippen MR) is 53.8 cm³/mol. The second kappa shape index (κ2) is 3.92. The third-order valence-electron chi connectivity index (χ3n) is 1.79. The highest BCUT2D eigenvalue weighted by molar-refractivity contribution is 9.10. The highest BCUT2D eigenvalue weighted by atomic mass is 79.9. The Morgan fingerprint density at radius 3 is 2.75 bits per heavy atom. The molecule has 1 unspecified atom stereocenters. The van der Waals surface area contributed by atoms with Crippen molar-refractivity contribution in [1.82, 2.24) is 0 Å². The van der Waals surface area contributed by atoms with Crippen LogP contribution in [0.2, 0.25) is 0 Å². The number of nitrogen functional groups attached to an aromatic ring is 1. The second-order valence-electron chi connectivity index (χ2n) is 2.70. The molecule has 0 amide bonds. The molecule has 1 atom stereocenters. The highest BCUT2D eigenvalue weighted by Gasteiger charge is 2.07. The van der Waals surface area contributed by atoms with Gasteiger partial charge in [-0.1, -0.05) is 28.9 Å². The lowest BCUT2D eigenvalue weighted by atomic mass is 10.1. The van der Waals surface area contributed by atoms with E-state index in [1.807, 2.05) is 19.1 Å². The Morgan fingerprint density at radius 1 is 1.58 bits per heavy atom. The van der Waals surface area contributed by atoms with Crippen molar-refractivity contribution >= 4 is 21.6 Å². The summed E-state index contributed by atoms with van der Waals surface area (Å²) >= 11 is 3.31. The third-order valence-corrected chi connectivity index (χ3v) is 2.29. The summed E-state index contributed by atoms with van der Waals surface area (Å²) in [4.78, 5) is 0. The smallest absolute Gasteiger partial charge is 0.0807 e. The first-order chi connectivity index (χ1) is 5.65. The van der Waals surface area contributed by atoms with Crippen LogP contribution >= 0.6 is 15.9 Å². The van der Waals surface area contributed by atoms with Crippen LogP contribution in [-0.4, -0.2) is 5.11 Å². The van der Waals surface area contributed by atoms with Gasteiger partial charge in [0, 0.05) is 15.7 Å². The Morgan fingerprint density at radius 2 is 2.25 bits per heavy atom. The van der Waals surface area contributed by atoms with E-state index in [2.05, 4.69) is 15.9 Å². The van der Waals surface area contributed by atoms with E-state index in [4.69, 9.17) is 5.73 Å². The van der Waals surface area contributed by atoms with Crippen molar-refractivity contribution in [3.05, 3.63) is 28.2 Å². The zero-order valence-electron chi connectivity index (χ0n) is 6.92.